The average Bonchev–Trinajstić information content (AvgIpc) is 2.18. The monoisotopic (exact) mass is 213 g/mol. The standard InChI is InChI=1S/C11H23N3O/c1-10(2)4-5-12-11(15)14-8-6-13(3)7-9-14/h10H,4-9H2,1-3H3,(H,12,15). The number of hydrogen-bond donors (Lipinski definition) is 1. The van der Waals surface area contributed by atoms with Gasteiger partial charge in [-0.3, -0.25) is 0 Å². The summed E-state index contributed by atoms with van der Waals surface area (Å²) in [7, 11) is 2.09. The van der Waals surface area contributed by atoms with Gasteiger partial charge in [0, 0.05) is 32.7 Å². The molecule has 15 heavy (non-hydrogen) atoms. The quantitative estimate of drug-likeness (QED) is 0.759. The largest absolute Gasteiger partial charge is 0.338 e. The van der Waals surface area contributed by atoms with Crippen molar-refractivity contribution in [2.75, 3.05) is 39.8 Å². The van der Waals surface area contributed by atoms with Gasteiger partial charge >= 0.3 is 6.03 Å². The second-order valence-corrected chi connectivity index (χ2v) is 4.70. The zero-order chi connectivity index (χ0) is 11.3. The van der Waals surface area contributed by atoms with E-state index in [1.807, 2.05) is 4.90 Å². The van der Waals surface area contributed by atoms with Gasteiger partial charge in [0.05, 0.1) is 0 Å². The Morgan fingerprint density at radius 2 is 1.87 bits per heavy atom. The predicted octanol–water partition coefficient (Wildman–Crippen LogP) is 0.989. The van der Waals surface area contributed by atoms with Crippen LogP contribution in [-0.2, 0) is 0 Å². The lowest BCUT2D eigenvalue weighted by Crippen LogP contribution is -2.50. The Morgan fingerprint density at radius 3 is 2.40 bits per heavy atom. The third-order valence-electron chi connectivity index (χ3n) is 2.79. The first-order valence-electron chi connectivity index (χ1n) is 5.81. The van der Waals surface area contributed by atoms with Crippen molar-refractivity contribution in [1.29, 1.82) is 0 Å². The number of hydrogen-bond acceptors (Lipinski definition) is 2. The molecule has 1 saturated heterocycles. The van der Waals surface area contributed by atoms with Crippen LogP contribution in [0.15, 0.2) is 0 Å². The Hall–Kier alpha value is -0.770. The van der Waals surface area contributed by atoms with E-state index in [1.165, 1.54) is 0 Å². The highest BCUT2D eigenvalue weighted by atomic mass is 16.2. The molecule has 1 fully saturated rings. The van der Waals surface area contributed by atoms with E-state index in [1.54, 1.807) is 0 Å². The van der Waals surface area contributed by atoms with Crippen molar-refractivity contribution in [3.05, 3.63) is 0 Å². The van der Waals surface area contributed by atoms with Crippen LogP contribution in [0.1, 0.15) is 20.3 Å². The van der Waals surface area contributed by atoms with Crippen LogP contribution >= 0.6 is 0 Å². The maximum Gasteiger partial charge on any atom is 0.317 e. The SMILES string of the molecule is CC(C)CCNC(=O)N1CCN(C)CC1. The van der Waals surface area contributed by atoms with Gasteiger partial charge in [0.2, 0.25) is 0 Å². The van der Waals surface area contributed by atoms with E-state index in [4.69, 9.17) is 0 Å². The number of piperazine rings is 1. The lowest BCUT2D eigenvalue weighted by Gasteiger charge is -2.32. The van der Waals surface area contributed by atoms with Crippen molar-refractivity contribution >= 4 is 6.03 Å². The van der Waals surface area contributed by atoms with Gasteiger partial charge in [-0.1, -0.05) is 13.8 Å². The van der Waals surface area contributed by atoms with Crippen LogP contribution in [0.5, 0.6) is 0 Å². The number of urea groups is 1. The fraction of sp³-hybridized carbons (Fsp3) is 0.909. The molecule has 0 bridgehead atoms. The number of rotatable bonds is 3. The summed E-state index contributed by atoms with van der Waals surface area (Å²) in [6, 6.07) is 0.101. The number of carbonyl (C=O) groups is 1. The summed E-state index contributed by atoms with van der Waals surface area (Å²) in [5.74, 6) is 0.651. The first-order chi connectivity index (χ1) is 7.09. The molecule has 0 aromatic carbocycles. The number of carbonyl (C=O) groups excluding carboxylic acids is 1. The average molecular weight is 213 g/mol. The van der Waals surface area contributed by atoms with Crippen molar-refractivity contribution in [3.8, 4) is 0 Å². The summed E-state index contributed by atoms with van der Waals surface area (Å²) in [4.78, 5) is 15.8. The van der Waals surface area contributed by atoms with E-state index in [-0.39, 0.29) is 6.03 Å². The highest BCUT2D eigenvalue weighted by molar-refractivity contribution is 5.74. The molecule has 0 atom stereocenters. The lowest BCUT2D eigenvalue weighted by molar-refractivity contribution is 0.154. The van der Waals surface area contributed by atoms with Crippen LogP contribution in [0.25, 0.3) is 0 Å². The molecule has 2 amide bonds. The number of likely N-dealkylation sites (N-methyl/N-ethyl adjacent to an activating group) is 1. The molecule has 1 heterocycles. The minimum atomic E-state index is 0.101. The van der Waals surface area contributed by atoms with Gasteiger partial charge in [-0.05, 0) is 19.4 Å². The molecule has 1 rings (SSSR count). The smallest absolute Gasteiger partial charge is 0.317 e. The Kier molecular flexibility index (Phi) is 4.88. The molecule has 0 spiro atoms. The van der Waals surface area contributed by atoms with Crippen LogP contribution in [0, 0.1) is 5.92 Å². The molecule has 0 aromatic rings. The first-order valence-corrected chi connectivity index (χ1v) is 5.81. The molecule has 1 aliphatic rings. The minimum Gasteiger partial charge on any atom is -0.338 e. The van der Waals surface area contributed by atoms with E-state index in [0.717, 1.165) is 39.1 Å². The lowest BCUT2D eigenvalue weighted by atomic mass is 10.1. The number of nitrogens with one attached hydrogen (secondary N) is 1. The van der Waals surface area contributed by atoms with Crippen LogP contribution in [0.2, 0.25) is 0 Å². The second kappa shape index (κ2) is 5.95. The van der Waals surface area contributed by atoms with E-state index < -0.39 is 0 Å². The number of amides is 2. The molecule has 0 aromatic heterocycles. The minimum absolute atomic E-state index is 0.101. The Labute approximate surface area is 92.6 Å². The maximum absolute atomic E-state index is 11.7. The molecule has 0 unspecified atom stereocenters. The highest BCUT2D eigenvalue weighted by Gasteiger charge is 2.18. The van der Waals surface area contributed by atoms with Crippen molar-refractivity contribution < 1.29 is 4.79 Å². The van der Waals surface area contributed by atoms with Crippen molar-refractivity contribution in [2.45, 2.75) is 20.3 Å². The van der Waals surface area contributed by atoms with Crippen LogP contribution in [0.4, 0.5) is 4.79 Å². The molecular formula is C11H23N3O. The normalized spacial score (nSPS) is 18.3. The third kappa shape index (κ3) is 4.51. The van der Waals surface area contributed by atoms with Crippen molar-refractivity contribution in [3.63, 3.8) is 0 Å². The fourth-order valence-corrected chi connectivity index (χ4v) is 1.59. The molecule has 4 heteroatoms. The van der Waals surface area contributed by atoms with E-state index in [0.29, 0.717) is 5.92 Å². The van der Waals surface area contributed by atoms with E-state index in [2.05, 4.69) is 31.1 Å². The topological polar surface area (TPSA) is 35.6 Å². The molecule has 1 N–H and O–H groups in total. The third-order valence-corrected chi connectivity index (χ3v) is 2.79. The van der Waals surface area contributed by atoms with Gasteiger partial charge in [-0.15, -0.1) is 0 Å². The van der Waals surface area contributed by atoms with Crippen LogP contribution in [-0.4, -0.2) is 55.6 Å². The van der Waals surface area contributed by atoms with Crippen LogP contribution < -0.4 is 5.32 Å². The molecule has 1 aliphatic heterocycles. The summed E-state index contributed by atoms with van der Waals surface area (Å²) < 4.78 is 0. The summed E-state index contributed by atoms with van der Waals surface area (Å²) in [5.41, 5.74) is 0. The van der Waals surface area contributed by atoms with Crippen molar-refractivity contribution in [2.24, 2.45) is 5.92 Å². The molecule has 0 radical (unpaired) electrons. The zero-order valence-corrected chi connectivity index (χ0v) is 10.1. The van der Waals surface area contributed by atoms with Gasteiger partial charge in [-0.2, -0.15) is 0 Å². The molecule has 0 saturated carbocycles. The summed E-state index contributed by atoms with van der Waals surface area (Å²) in [5, 5.41) is 2.97. The summed E-state index contributed by atoms with van der Waals surface area (Å²) >= 11 is 0. The molecule has 0 aliphatic carbocycles. The fourth-order valence-electron chi connectivity index (χ4n) is 1.59. The van der Waals surface area contributed by atoms with Crippen molar-refractivity contribution in [1.82, 2.24) is 15.1 Å². The Morgan fingerprint density at radius 1 is 1.27 bits per heavy atom. The van der Waals surface area contributed by atoms with Gasteiger partial charge in [0.15, 0.2) is 0 Å². The van der Waals surface area contributed by atoms with Gasteiger partial charge in [-0.25, -0.2) is 4.79 Å². The maximum atomic E-state index is 11.7. The highest BCUT2D eigenvalue weighted by Crippen LogP contribution is 2.00. The van der Waals surface area contributed by atoms with Gasteiger partial charge in [0.25, 0.3) is 0 Å². The predicted molar refractivity (Wildman–Crippen MR) is 61.9 cm³/mol. The summed E-state index contributed by atoms with van der Waals surface area (Å²) in [6.07, 6.45) is 1.06. The number of nitrogens with zero attached hydrogens (tertiary/aromatic N) is 2. The molecular weight excluding hydrogens is 190 g/mol. The zero-order valence-electron chi connectivity index (χ0n) is 10.1. The second-order valence-electron chi connectivity index (χ2n) is 4.70. The summed E-state index contributed by atoms with van der Waals surface area (Å²) in [6.45, 7) is 8.80. The first kappa shape index (κ1) is 12.3. The van der Waals surface area contributed by atoms with E-state index >= 15 is 0 Å². The van der Waals surface area contributed by atoms with E-state index in [9.17, 15) is 4.79 Å². The van der Waals surface area contributed by atoms with Gasteiger partial charge < -0.3 is 15.1 Å². The Bertz CT molecular complexity index is 198. The van der Waals surface area contributed by atoms with Crippen LogP contribution in [0.3, 0.4) is 0 Å². The Balaban J connectivity index is 2.17. The van der Waals surface area contributed by atoms with Gasteiger partial charge in [0.1, 0.15) is 0 Å². The molecule has 88 valence electrons. The molecule has 4 nitrogen and oxygen atoms in total.